The van der Waals surface area contributed by atoms with Gasteiger partial charge in [-0.25, -0.2) is 0 Å². The van der Waals surface area contributed by atoms with Crippen LogP contribution in [-0.4, -0.2) is 74.1 Å². The van der Waals surface area contributed by atoms with Crippen molar-refractivity contribution in [1.82, 2.24) is 15.1 Å². The molecule has 6 heteroatoms. The van der Waals surface area contributed by atoms with E-state index in [9.17, 15) is 9.59 Å². The molecular weight excluding hydrogens is 366 g/mol. The molecule has 1 aromatic rings. The average molecular weight is 402 g/mol. The number of amides is 2. The van der Waals surface area contributed by atoms with E-state index in [1.54, 1.807) is 0 Å². The van der Waals surface area contributed by atoms with E-state index in [0.29, 0.717) is 12.3 Å². The molecule has 0 saturated carbocycles. The number of hydrogen-bond donors (Lipinski definition) is 1. The monoisotopic (exact) mass is 401 g/mol. The van der Waals surface area contributed by atoms with Crippen LogP contribution < -0.4 is 5.32 Å². The number of benzene rings is 1. The number of nitrogens with one attached hydrogen (secondary N) is 1. The Kier molecular flexibility index (Phi) is 8.50. The van der Waals surface area contributed by atoms with Crippen LogP contribution in [0.1, 0.15) is 48.0 Å². The first kappa shape index (κ1) is 21.8. The smallest absolute Gasteiger partial charge is 0.254 e. The van der Waals surface area contributed by atoms with Gasteiger partial charge in [0.25, 0.3) is 5.91 Å². The van der Waals surface area contributed by atoms with Gasteiger partial charge in [-0.05, 0) is 56.7 Å². The largest absolute Gasteiger partial charge is 0.379 e. The first-order chi connectivity index (χ1) is 14.1. The Labute approximate surface area is 174 Å². The van der Waals surface area contributed by atoms with Crippen molar-refractivity contribution in [3.63, 3.8) is 0 Å². The van der Waals surface area contributed by atoms with Crippen LogP contribution in [0.2, 0.25) is 0 Å². The molecule has 6 nitrogen and oxygen atoms in total. The lowest BCUT2D eigenvalue weighted by molar-refractivity contribution is -0.121. The van der Waals surface area contributed by atoms with Crippen LogP contribution in [-0.2, 0) is 9.53 Å². The van der Waals surface area contributed by atoms with Crippen molar-refractivity contribution in [2.45, 2.75) is 39.0 Å². The van der Waals surface area contributed by atoms with Gasteiger partial charge < -0.3 is 15.0 Å². The molecule has 0 radical (unpaired) electrons. The summed E-state index contributed by atoms with van der Waals surface area (Å²) in [7, 11) is 0. The maximum absolute atomic E-state index is 12.7. The number of rotatable bonds is 8. The van der Waals surface area contributed by atoms with Gasteiger partial charge in [-0.2, -0.15) is 0 Å². The van der Waals surface area contributed by atoms with Crippen LogP contribution in [0.25, 0.3) is 0 Å². The number of likely N-dealkylation sites (tertiary alicyclic amines) is 1. The van der Waals surface area contributed by atoms with E-state index in [0.717, 1.165) is 89.3 Å². The zero-order chi connectivity index (χ0) is 20.5. The van der Waals surface area contributed by atoms with Crippen LogP contribution in [0.4, 0.5) is 0 Å². The number of nitrogens with zero attached hydrogens (tertiary/aromatic N) is 2. The first-order valence-corrected chi connectivity index (χ1v) is 11.0. The van der Waals surface area contributed by atoms with Crippen LogP contribution in [0.15, 0.2) is 24.3 Å². The Morgan fingerprint density at radius 3 is 2.55 bits per heavy atom. The maximum atomic E-state index is 12.7. The van der Waals surface area contributed by atoms with Gasteiger partial charge in [0.2, 0.25) is 5.91 Å². The second-order valence-electron chi connectivity index (χ2n) is 8.25. The lowest BCUT2D eigenvalue weighted by Crippen LogP contribution is -2.39. The zero-order valence-corrected chi connectivity index (χ0v) is 17.7. The topological polar surface area (TPSA) is 61.9 Å². The van der Waals surface area contributed by atoms with E-state index >= 15 is 0 Å². The highest BCUT2D eigenvalue weighted by molar-refractivity contribution is 5.95. The number of carbonyl (C=O) groups is 2. The Morgan fingerprint density at radius 1 is 1.10 bits per heavy atom. The highest BCUT2D eigenvalue weighted by Crippen LogP contribution is 2.23. The van der Waals surface area contributed by atoms with Crippen LogP contribution in [0, 0.1) is 12.8 Å². The van der Waals surface area contributed by atoms with Crippen LogP contribution >= 0.6 is 0 Å². The molecule has 0 bridgehead atoms. The fraction of sp³-hybridized carbons (Fsp3) is 0.652. The minimum Gasteiger partial charge on any atom is -0.379 e. The maximum Gasteiger partial charge on any atom is 0.254 e. The van der Waals surface area contributed by atoms with Gasteiger partial charge >= 0.3 is 0 Å². The molecule has 0 aliphatic carbocycles. The second-order valence-corrected chi connectivity index (χ2v) is 8.25. The van der Waals surface area contributed by atoms with Crippen molar-refractivity contribution in [2.75, 3.05) is 52.5 Å². The van der Waals surface area contributed by atoms with Crippen molar-refractivity contribution in [1.29, 1.82) is 0 Å². The molecule has 160 valence electrons. The van der Waals surface area contributed by atoms with Crippen LogP contribution in [0.3, 0.4) is 0 Å². The first-order valence-electron chi connectivity index (χ1n) is 11.0. The third-order valence-corrected chi connectivity index (χ3v) is 6.13. The molecule has 2 amide bonds. The molecule has 29 heavy (non-hydrogen) atoms. The number of morpholine rings is 1. The molecule has 0 aromatic heterocycles. The minimum atomic E-state index is 0.138. The standard InChI is InChI=1S/C23H35N3O3/c1-19-5-2-3-6-21(19)23(28)26-13-9-20(10-14-26)7-8-22(27)24-11-4-12-25-15-17-29-18-16-25/h2-3,5-6,20H,4,7-18H2,1H3,(H,24,27). The lowest BCUT2D eigenvalue weighted by atomic mass is 9.91. The molecule has 2 aliphatic heterocycles. The van der Waals surface area contributed by atoms with E-state index < -0.39 is 0 Å². The minimum absolute atomic E-state index is 0.138. The van der Waals surface area contributed by atoms with E-state index in [1.807, 2.05) is 36.1 Å². The molecule has 2 aliphatic rings. The average Bonchev–Trinajstić information content (AvgIpc) is 2.76. The van der Waals surface area contributed by atoms with E-state index in [2.05, 4.69) is 10.2 Å². The summed E-state index contributed by atoms with van der Waals surface area (Å²) in [5.74, 6) is 0.833. The summed E-state index contributed by atoms with van der Waals surface area (Å²) in [6, 6.07) is 7.78. The summed E-state index contributed by atoms with van der Waals surface area (Å²) in [5.41, 5.74) is 1.84. The summed E-state index contributed by atoms with van der Waals surface area (Å²) in [6.07, 6.45) is 4.48. The fourth-order valence-corrected chi connectivity index (χ4v) is 4.19. The predicted molar refractivity (Wildman–Crippen MR) is 114 cm³/mol. The van der Waals surface area contributed by atoms with Gasteiger partial charge in [0.1, 0.15) is 0 Å². The fourth-order valence-electron chi connectivity index (χ4n) is 4.19. The van der Waals surface area contributed by atoms with E-state index in [1.165, 1.54) is 0 Å². The Balaban J connectivity index is 1.28. The number of carbonyl (C=O) groups excluding carboxylic acids is 2. The predicted octanol–water partition coefficient (Wildman–Crippen LogP) is 2.47. The summed E-state index contributed by atoms with van der Waals surface area (Å²) >= 11 is 0. The molecule has 0 atom stereocenters. The lowest BCUT2D eigenvalue weighted by Gasteiger charge is -2.32. The van der Waals surface area contributed by atoms with Crippen LogP contribution in [0.5, 0.6) is 0 Å². The van der Waals surface area contributed by atoms with Gasteiger partial charge in [-0.1, -0.05) is 18.2 Å². The molecule has 3 rings (SSSR count). The van der Waals surface area contributed by atoms with Crippen molar-refractivity contribution < 1.29 is 14.3 Å². The Morgan fingerprint density at radius 2 is 1.83 bits per heavy atom. The highest BCUT2D eigenvalue weighted by atomic mass is 16.5. The number of aryl methyl sites for hydroxylation is 1. The second kappa shape index (κ2) is 11.3. The van der Waals surface area contributed by atoms with Gasteiger partial charge in [0.05, 0.1) is 13.2 Å². The molecule has 0 unspecified atom stereocenters. The third kappa shape index (κ3) is 6.82. The van der Waals surface area contributed by atoms with Gasteiger partial charge in [-0.3, -0.25) is 14.5 Å². The summed E-state index contributed by atoms with van der Waals surface area (Å²) in [5, 5.41) is 3.06. The third-order valence-electron chi connectivity index (χ3n) is 6.13. The van der Waals surface area contributed by atoms with Gasteiger partial charge in [0, 0.05) is 44.7 Å². The van der Waals surface area contributed by atoms with Gasteiger partial charge in [-0.15, -0.1) is 0 Å². The van der Waals surface area contributed by atoms with Crippen molar-refractivity contribution >= 4 is 11.8 Å². The number of ether oxygens (including phenoxy) is 1. The van der Waals surface area contributed by atoms with Crippen molar-refractivity contribution in [3.8, 4) is 0 Å². The number of hydrogen-bond acceptors (Lipinski definition) is 4. The summed E-state index contributed by atoms with van der Waals surface area (Å²) < 4.78 is 5.35. The molecule has 2 saturated heterocycles. The highest BCUT2D eigenvalue weighted by Gasteiger charge is 2.24. The van der Waals surface area contributed by atoms with E-state index in [-0.39, 0.29) is 11.8 Å². The summed E-state index contributed by atoms with van der Waals surface area (Å²) in [4.78, 5) is 29.2. The normalized spacial score (nSPS) is 18.6. The molecule has 1 N–H and O–H groups in total. The quantitative estimate of drug-likeness (QED) is 0.680. The molecule has 0 spiro atoms. The van der Waals surface area contributed by atoms with Crippen molar-refractivity contribution in [3.05, 3.63) is 35.4 Å². The Hall–Kier alpha value is -1.92. The molecule has 2 fully saturated rings. The SMILES string of the molecule is Cc1ccccc1C(=O)N1CCC(CCC(=O)NCCCN2CCOCC2)CC1. The van der Waals surface area contributed by atoms with Gasteiger partial charge in [0.15, 0.2) is 0 Å². The van der Waals surface area contributed by atoms with Crippen molar-refractivity contribution in [2.24, 2.45) is 5.92 Å². The number of piperidine rings is 1. The zero-order valence-electron chi connectivity index (χ0n) is 17.7. The molecular formula is C23H35N3O3. The summed E-state index contributed by atoms with van der Waals surface area (Å²) in [6.45, 7) is 8.98. The molecule has 2 heterocycles. The van der Waals surface area contributed by atoms with E-state index in [4.69, 9.17) is 4.74 Å². The Bertz CT molecular complexity index is 665. The molecule has 1 aromatic carbocycles.